The molecule has 1 rings (SSSR count). The molecule has 1 aromatic rings. The highest BCUT2D eigenvalue weighted by Gasteiger charge is 2.18. The largest absolute Gasteiger partial charge is 0.328 e. The van der Waals surface area contributed by atoms with Crippen LogP contribution < -0.4 is 11.2 Å². The first-order valence-electron chi connectivity index (χ1n) is 5.16. The molecule has 1 unspecified atom stereocenters. The number of carbonyl (C=O) groups excluding carboxylic acids is 1. The van der Waals surface area contributed by atoms with Crippen molar-refractivity contribution < 1.29 is 13.2 Å². The van der Waals surface area contributed by atoms with E-state index in [1.807, 2.05) is 0 Å². The molecular weight excluding hydrogens is 260 g/mol. The minimum Gasteiger partial charge on any atom is -0.313 e. The minimum absolute atomic E-state index is 0.171. The van der Waals surface area contributed by atoms with E-state index in [0.29, 0.717) is 0 Å². The molecule has 0 aromatic carbocycles. The fourth-order valence-electron chi connectivity index (χ4n) is 1.65. The maximum absolute atomic E-state index is 11.9. The molecule has 0 bridgehead atoms. The normalized spacial score (nSPS) is 13.3. The van der Waals surface area contributed by atoms with Crippen molar-refractivity contribution in [3.8, 4) is 0 Å². The number of hydrogen-bond acceptors (Lipinski definition) is 5. The van der Waals surface area contributed by atoms with Gasteiger partial charge in [-0.1, -0.05) is 0 Å². The van der Waals surface area contributed by atoms with Gasteiger partial charge < -0.3 is 4.98 Å². The Morgan fingerprint density at radius 3 is 2.44 bits per heavy atom. The van der Waals surface area contributed by atoms with Crippen molar-refractivity contribution in [1.29, 1.82) is 0 Å². The first-order valence-corrected chi connectivity index (χ1v) is 7.22. The number of nitrogens with zero attached hydrogens (tertiary/aromatic N) is 1. The molecule has 0 aliphatic rings. The average molecular weight is 274 g/mol. The lowest BCUT2D eigenvalue weighted by molar-refractivity contribution is 0.101. The zero-order valence-corrected chi connectivity index (χ0v) is 11.1. The lowest BCUT2D eigenvalue weighted by Gasteiger charge is -2.13. The molecule has 0 aliphatic heterocycles. The molecule has 0 saturated carbocycles. The SMILES string of the molecule is CC(=O)c1c[nH]c(=O)n(C(C)CS(C)(=O)=O)c1=O. The second kappa shape index (κ2) is 4.89. The number of carbonyl (C=O) groups is 1. The van der Waals surface area contributed by atoms with Crippen molar-refractivity contribution in [3.05, 3.63) is 32.6 Å². The van der Waals surface area contributed by atoms with Gasteiger partial charge in [0, 0.05) is 12.5 Å². The number of ketones is 1. The second-order valence-corrected chi connectivity index (χ2v) is 6.37. The van der Waals surface area contributed by atoms with E-state index >= 15 is 0 Å². The monoisotopic (exact) mass is 274 g/mol. The predicted molar refractivity (Wildman–Crippen MR) is 65.7 cm³/mol. The van der Waals surface area contributed by atoms with E-state index in [1.165, 1.54) is 13.8 Å². The molecule has 1 N–H and O–H groups in total. The van der Waals surface area contributed by atoms with Crippen LogP contribution >= 0.6 is 0 Å². The Morgan fingerprint density at radius 1 is 1.44 bits per heavy atom. The maximum Gasteiger partial charge on any atom is 0.328 e. The van der Waals surface area contributed by atoms with Crippen LogP contribution in [0.5, 0.6) is 0 Å². The molecule has 18 heavy (non-hydrogen) atoms. The first kappa shape index (κ1) is 14.4. The summed E-state index contributed by atoms with van der Waals surface area (Å²) in [6.07, 6.45) is 2.05. The molecule has 7 nitrogen and oxygen atoms in total. The van der Waals surface area contributed by atoms with E-state index in [9.17, 15) is 22.8 Å². The standard InChI is InChI=1S/C10H14N2O5S/c1-6(5-18(3,16)17)12-9(14)8(7(2)13)4-11-10(12)15/h4,6H,5H2,1-3H3,(H,11,15). The van der Waals surface area contributed by atoms with Crippen LogP contribution in [-0.4, -0.2) is 35.8 Å². The van der Waals surface area contributed by atoms with Gasteiger partial charge in [-0.05, 0) is 13.8 Å². The highest BCUT2D eigenvalue weighted by molar-refractivity contribution is 7.90. The molecule has 8 heteroatoms. The van der Waals surface area contributed by atoms with E-state index in [-0.39, 0.29) is 11.3 Å². The molecule has 0 amide bonds. The van der Waals surface area contributed by atoms with Crippen LogP contribution in [0.15, 0.2) is 15.8 Å². The predicted octanol–water partition coefficient (Wildman–Crippen LogP) is -0.655. The lowest BCUT2D eigenvalue weighted by Crippen LogP contribution is -2.41. The van der Waals surface area contributed by atoms with Crippen molar-refractivity contribution in [2.45, 2.75) is 19.9 Å². The van der Waals surface area contributed by atoms with Gasteiger partial charge in [0.15, 0.2) is 5.78 Å². The number of H-pyrrole nitrogens is 1. The quantitative estimate of drug-likeness (QED) is 0.734. The topological polar surface area (TPSA) is 106 Å². The van der Waals surface area contributed by atoms with Gasteiger partial charge in [-0.25, -0.2) is 13.2 Å². The average Bonchev–Trinajstić information content (AvgIpc) is 2.13. The lowest BCUT2D eigenvalue weighted by atomic mass is 10.2. The third kappa shape index (κ3) is 3.16. The van der Waals surface area contributed by atoms with Gasteiger partial charge in [0.05, 0.1) is 17.4 Å². The van der Waals surface area contributed by atoms with Crippen LogP contribution in [0.25, 0.3) is 0 Å². The molecular formula is C10H14N2O5S. The number of hydrogen-bond donors (Lipinski definition) is 1. The van der Waals surface area contributed by atoms with Gasteiger partial charge in [0.2, 0.25) is 0 Å². The summed E-state index contributed by atoms with van der Waals surface area (Å²) in [6.45, 7) is 2.63. The van der Waals surface area contributed by atoms with Crippen LogP contribution in [0, 0.1) is 0 Å². The fraction of sp³-hybridized carbons (Fsp3) is 0.500. The zero-order chi connectivity index (χ0) is 14.1. The number of aromatic amines is 1. The highest BCUT2D eigenvalue weighted by Crippen LogP contribution is 2.03. The summed E-state index contributed by atoms with van der Waals surface area (Å²) in [6, 6.07) is -0.837. The second-order valence-electron chi connectivity index (χ2n) is 4.18. The number of Topliss-reactive ketones (excluding diaryl/α,β-unsaturated/α-hetero) is 1. The molecule has 0 spiro atoms. The number of nitrogens with one attached hydrogen (secondary N) is 1. The summed E-state index contributed by atoms with van der Waals surface area (Å²) in [5.74, 6) is -0.839. The van der Waals surface area contributed by atoms with Gasteiger partial charge in [-0.15, -0.1) is 0 Å². The van der Waals surface area contributed by atoms with E-state index in [1.54, 1.807) is 0 Å². The third-order valence-corrected chi connectivity index (χ3v) is 3.46. The minimum atomic E-state index is -3.34. The third-order valence-electron chi connectivity index (χ3n) is 2.37. The Labute approximate surface area is 103 Å². The van der Waals surface area contributed by atoms with Gasteiger partial charge in [0.25, 0.3) is 5.56 Å². The van der Waals surface area contributed by atoms with E-state index in [0.717, 1.165) is 17.0 Å². The van der Waals surface area contributed by atoms with Crippen molar-refractivity contribution in [2.24, 2.45) is 0 Å². The van der Waals surface area contributed by atoms with Crippen LogP contribution in [0.3, 0.4) is 0 Å². The van der Waals surface area contributed by atoms with Gasteiger partial charge in [0.1, 0.15) is 9.84 Å². The summed E-state index contributed by atoms with van der Waals surface area (Å²) in [5, 5.41) is 0. The summed E-state index contributed by atoms with van der Waals surface area (Å²) < 4.78 is 23.1. The number of rotatable bonds is 4. The van der Waals surface area contributed by atoms with Gasteiger partial charge >= 0.3 is 5.69 Å². The summed E-state index contributed by atoms with van der Waals surface area (Å²) in [5.41, 5.74) is -1.68. The number of aromatic nitrogens is 2. The van der Waals surface area contributed by atoms with Crippen LogP contribution in [0.1, 0.15) is 30.2 Å². The Balaban J connectivity index is 3.41. The van der Waals surface area contributed by atoms with E-state index < -0.39 is 32.9 Å². The van der Waals surface area contributed by atoms with Crippen LogP contribution in [0.4, 0.5) is 0 Å². The van der Waals surface area contributed by atoms with Crippen LogP contribution in [0.2, 0.25) is 0 Å². The Bertz CT molecular complexity index is 683. The van der Waals surface area contributed by atoms with E-state index in [2.05, 4.69) is 4.98 Å². The molecule has 1 aromatic heterocycles. The molecule has 100 valence electrons. The van der Waals surface area contributed by atoms with Gasteiger partial charge in [-0.2, -0.15) is 0 Å². The summed E-state index contributed by atoms with van der Waals surface area (Å²) in [7, 11) is -3.34. The number of sulfone groups is 1. The fourth-order valence-corrected chi connectivity index (χ4v) is 2.68. The summed E-state index contributed by atoms with van der Waals surface area (Å²) in [4.78, 5) is 36.9. The molecule has 0 saturated heterocycles. The molecule has 0 aliphatic carbocycles. The maximum atomic E-state index is 11.9. The Morgan fingerprint density at radius 2 is 2.00 bits per heavy atom. The van der Waals surface area contributed by atoms with E-state index in [4.69, 9.17) is 0 Å². The molecule has 1 atom stereocenters. The smallest absolute Gasteiger partial charge is 0.313 e. The zero-order valence-electron chi connectivity index (χ0n) is 10.3. The Kier molecular flexibility index (Phi) is 3.90. The first-order chi connectivity index (χ1) is 8.13. The molecule has 1 heterocycles. The molecule has 0 radical (unpaired) electrons. The summed E-state index contributed by atoms with van der Waals surface area (Å²) >= 11 is 0. The Hall–Kier alpha value is -1.70. The van der Waals surface area contributed by atoms with Gasteiger partial charge in [-0.3, -0.25) is 14.2 Å². The van der Waals surface area contributed by atoms with Crippen molar-refractivity contribution in [2.75, 3.05) is 12.0 Å². The highest BCUT2D eigenvalue weighted by atomic mass is 32.2. The van der Waals surface area contributed by atoms with Crippen molar-refractivity contribution in [1.82, 2.24) is 9.55 Å². The van der Waals surface area contributed by atoms with Crippen molar-refractivity contribution in [3.63, 3.8) is 0 Å². The van der Waals surface area contributed by atoms with Crippen molar-refractivity contribution >= 4 is 15.6 Å². The molecule has 0 fully saturated rings. The van der Waals surface area contributed by atoms with Crippen LogP contribution in [-0.2, 0) is 9.84 Å².